The standard InChI is InChI=1S/C18H27ClFN/c1-2-21-17(10-8-14-6-4-3-5-7-14)13-15-12-16(20)9-11-18(15)19/h9,11-12,14,17,21H,2-8,10,13H2,1H3. The molecule has 1 atom stereocenters. The van der Waals surface area contributed by atoms with Gasteiger partial charge in [-0.15, -0.1) is 0 Å². The molecular weight excluding hydrogens is 285 g/mol. The van der Waals surface area contributed by atoms with Gasteiger partial charge in [0.1, 0.15) is 5.82 Å². The van der Waals surface area contributed by atoms with E-state index >= 15 is 0 Å². The third-order valence-corrected chi connectivity index (χ3v) is 4.98. The molecule has 0 aliphatic heterocycles. The van der Waals surface area contributed by atoms with Crippen LogP contribution in [0, 0.1) is 11.7 Å². The quantitative estimate of drug-likeness (QED) is 0.714. The van der Waals surface area contributed by atoms with E-state index in [0.717, 1.165) is 30.9 Å². The number of rotatable bonds is 7. The Balaban J connectivity index is 1.89. The van der Waals surface area contributed by atoms with Crippen molar-refractivity contribution >= 4 is 11.6 Å². The first-order chi connectivity index (χ1) is 10.2. The molecule has 1 aliphatic carbocycles. The zero-order valence-corrected chi connectivity index (χ0v) is 13.8. The fraction of sp³-hybridized carbons (Fsp3) is 0.667. The number of benzene rings is 1. The number of nitrogens with one attached hydrogen (secondary N) is 1. The van der Waals surface area contributed by atoms with Crippen LogP contribution < -0.4 is 5.32 Å². The highest BCUT2D eigenvalue weighted by Gasteiger charge is 2.17. The largest absolute Gasteiger partial charge is 0.314 e. The number of hydrogen-bond donors (Lipinski definition) is 1. The van der Waals surface area contributed by atoms with Gasteiger partial charge in [0.2, 0.25) is 0 Å². The van der Waals surface area contributed by atoms with Crippen molar-refractivity contribution in [3.05, 3.63) is 34.6 Å². The molecule has 1 unspecified atom stereocenters. The smallest absolute Gasteiger partial charge is 0.123 e. The molecule has 1 aromatic carbocycles. The Morgan fingerprint density at radius 1 is 1.29 bits per heavy atom. The van der Waals surface area contributed by atoms with Crippen molar-refractivity contribution in [3.63, 3.8) is 0 Å². The second-order valence-corrected chi connectivity index (χ2v) is 6.68. The van der Waals surface area contributed by atoms with Gasteiger partial charge >= 0.3 is 0 Å². The average Bonchev–Trinajstić information content (AvgIpc) is 2.50. The molecule has 0 aromatic heterocycles. The summed E-state index contributed by atoms with van der Waals surface area (Å²) in [5.74, 6) is 0.694. The highest BCUT2D eigenvalue weighted by Crippen LogP contribution is 2.28. The summed E-state index contributed by atoms with van der Waals surface area (Å²) >= 11 is 6.19. The maximum Gasteiger partial charge on any atom is 0.123 e. The van der Waals surface area contributed by atoms with Gasteiger partial charge in [-0.3, -0.25) is 0 Å². The van der Waals surface area contributed by atoms with Crippen molar-refractivity contribution in [1.29, 1.82) is 0 Å². The minimum absolute atomic E-state index is 0.197. The molecule has 1 aromatic rings. The predicted molar refractivity (Wildman–Crippen MR) is 88.4 cm³/mol. The van der Waals surface area contributed by atoms with Gasteiger partial charge in [0.15, 0.2) is 0 Å². The lowest BCUT2D eigenvalue weighted by Crippen LogP contribution is -2.31. The van der Waals surface area contributed by atoms with Crippen molar-refractivity contribution in [3.8, 4) is 0 Å². The normalized spacial score (nSPS) is 17.9. The lowest BCUT2D eigenvalue weighted by molar-refractivity contribution is 0.313. The summed E-state index contributed by atoms with van der Waals surface area (Å²) in [6, 6.07) is 5.07. The number of halogens is 2. The molecule has 1 N–H and O–H groups in total. The molecule has 21 heavy (non-hydrogen) atoms. The van der Waals surface area contributed by atoms with Gasteiger partial charge in [0.25, 0.3) is 0 Å². The number of likely N-dealkylation sites (N-methyl/N-ethyl adjacent to an activating group) is 1. The summed E-state index contributed by atoms with van der Waals surface area (Å²) in [5, 5.41) is 4.21. The van der Waals surface area contributed by atoms with E-state index in [1.807, 2.05) is 0 Å². The van der Waals surface area contributed by atoms with Crippen LogP contribution in [0.1, 0.15) is 57.4 Å². The molecule has 1 fully saturated rings. The molecule has 0 spiro atoms. The van der Waals surface area contributed by atoms with Crippen LogP contribution in [-0.4, -0.2) is 12.6 Å². The fourth-order valence-electron chi connectivity index (χ4n) is 3.44. The maximum atomic E-state index is 13.4. The third-order valence-electron chi connectivity index (χ3n) is 4.61. The van der Waals surface area contributed by atoms with Crippen LogP contribution in [0.5, 0.6) is 0 Å². The fourth-order valence-corrected chi connectivity index (χ4v) is 3.64. The summed E-state index contributed by atoms with van der Waals surface area (Å²) in [5.41, 5.74) is 0.922. The van der Waals surface area contributed by atoms with E-state index in [4.69, 9.17) is 11.6 Å². The van der Waals surface area contributed by atoms with E-state index in [1.54, 1.807) is 12.1 Å². The molecule has 1 aliphatic rings. The van der Waals surface area contributed by atoms with Crippen LogP contribution >= 0.6 is 11.6 Å². The molecule has 3 heteroatoms. The van der Waals surface area contributed by atoms with Gasteiger partial charge in [0, 0.05) is 11.1 Å². The van der Waals surface area contributed by atoms with Gasteiger partial charge in [-0.1, -0.05) is 50.6 Å². The Morgan fingerprint density at radius 2 is 2.05 bits per heavy atom. The van der Waals surface area contributed by atoms with Gasteiger partial charge in [-0.25, -0.2) is 4.39 Å². The van der Waals surface area contributed by atoms with Gasteiger partial charge in [-0.2, -0.15) is 0 Å². The van der Waals surface area contributed by atoms with Gasteiger partial charge < -0.3 is 5.32 Å². The van der Waals surface area contributed by atoms with E-state index in [0.29, 0.717) is 11.1 Å². The third kappa shape index (κ3) is 5.60. The highest BCUT2D eigenvalue weighted by molar-refractivity contribution is 6.31. The second-order valence-electron chi connectivity index (χ2n) is 6.28. The molecule has 0 amide bonds. The van der Waals surface area contributed by atoms with Gasteiger partial charge in [-0.05, 0) is 55.5 Å². The Kier molecular flexibility index (Phi) is 6.98. The van der Waals surface area contributed by atoms with Crippen LogP contribution in [0.2, 0.25) is 5.02 Å². The monoisotopic (exact) mass is 311 g/mol. The van der Waals surface area contributed by atoms with Crippen LogP contribution in [-0.2, 0) is 6.42 Å². The molecule has 0 heterocycles. The van der Waals surface area contributed by atoms with Crippen LogP contribution in [0.4, 0.5) is 4.39 Å². The first kappa shape index (κ1) is 16.8. The molecule has 118 valence electrons. The first-order valence-corrected chi connectivity index (χ1v) is 8.74. The molecule has 1 saturated carbocycles. The van der Waals surface area contributed by atoms with Crippen LogP contribution in [0.3, 0.4) is 0 Å². The molecular formula is C18H27ClFN. The second kappa shape index (κ2) is 8.75. The van der Waals surface area contributed by atoms with Crippen molar-refractivity contribution in [2.24, 2.45) is 5.92 Å². The summed E-state index contributed by atoms with van der Waals surface area (Å²) < 4.78 is 13.4. The Morgan fingerprint density at radius 3 is 2.76 bits per heavy atom. The molecule has 1 nitrogen and oxygen atoms in total. The minimum atomic E-state index is -0.197. The minimum Gasteiger partial charge on any atom is -0.314 e. The Labute approximate surface area is 133 Å². The Bertz CT molecular complexity index is 429. The summed E-state index contributed by atoms with van der Waals surface area (Å²) in [6.07, 6.45) is 10.2. The Hall–Kier alpha value is -0.600. The van der Waals surface area contributed by atoms with Crippen molar-refractivity contribution in [1.82, 2.24) is 5.32 Å². The van der Waals surface area contributed by atoms with Crippen molar-refractivity contribution in [2.75, 3.05) is 6.54 Å². The number of hydrogen-bond acceptors (Lipinski definition) is 1. The SMILES string of the molecule is CCNC(CCC1CCCCC1)Cc1cc(F)ccc1Cl. The summed E-state index contributed by atoms with van der Waals surface area (Å²) in [6.45, 7) is 3.07. The van der Waals surface area contributed by atoms with Crippen LogP contribution in [0.15, 0.2) is 18.2 Å². The summed E-state index contributed by atoms with van der Waals surface area (Å²) in [4.78, 5) is 0. The van der Waals surface area contributed by atoms with E-state index in [-0.39, 0.29) is 5.82 Å². The molecule has 0 saturated heterocycles. The van der Waals surface area contributed by atoms with Gasteiger partial charge in [0.05, 0.1) is 0 Å². The highest BCUT2D eigenvalue weighted by atomic mass is 35.5. The lowest BCUT2D eigenvalue weighted by Gasteiger charge is -2.25. The summed E-state index contributed by atoms with van der Waals surface area (Å²) in [7, 11) is 0. The zero-order valence-electron chi connectivity index (χ0n) is 13.0. The maximum absolute atomic E-state index is 13.4. The zero-order chi connectivity index (χ0) is 15.1. The van der Waals surface area contributed by atoms with E-state index in [1.165, 1.54) is 44.6 Å². The van der Waals surface area contributed by atoms with E-state index in [9.17, 15) is 4.39 Å². The lowest BCUT2D eigenvalue weighted by atomic mass is 9.84. The molecule has 0 bridgehead atoms. The van der Waals surface area contributed by atoms with Crippen molar-refractivity contribution in [2.45, 2.75) is 64.3 Å². The van der Waals surface area contributed by atoms with Crippen molar-refractivity contribution < 1.29 is 4.39 Å². The molecule has 2 rings (SSSR count). The van der Waals surface area contributed by atoms with E-state index in [2.05, 4.69) is 12.2 Å². The molecule has 0 radical (unpaired) electrons. The van der Waals surface area contributed by atoms with Crippen LogP contribution in [0.25, 0.3) is 0 Å². The predicted octanol–water partition coefficient (Wildman–Crippen LogP) is 5.36. The first-order valence-electron chi connectivity index (χ1n) is 8.36. The average molecular weight is 312 g/mol. The van der Waals surface area contributed by atoms with E-state index < -0.39 is 0 Å². The topological polar surface area (TPSA) is 12.0 Å².